The first-order valence-electron chi connectivity index (χ1n) is 6.09. The zero-order valence-electron chi connectivity index (χ0n) is 11.6. The van der Waals surface area contributed by atoms with Crippen LogP contribution in [0, 0.1) is 6.92 Å². The maximum Gasteiger partial charge on any atom is 0.244 e. The molecule has 1 heterocycles. The number of para-hydroxylation sites is 1. The van der Waals surface area contributed by atoms with Gasteiger partial charge in [-0.05, 0) is 19.1 Å². The number of anilines is 1. The predicted octanol–water partition coefficient (Wildman–Crippen LogP) is 1.85. The fourth-order valence-electron chi connectivity index (χ4n) is 1.72. The summed E-state index contributed by atoms with van der Waals surface area (Å²) < 4.78 is 30.7. The van der Waals surface area contributed by atoms with Crippen molar-refractivity contribution in [3.63, 3.8) is 0 Å². The van der Waals surface area contributed by atoms with Crippen molar-refractivity contribution in [3.8, 4) is 0 Å². The topological polar surface area (TPSA) is 75.4 Å². The van der Waals surface area contributed by atoms with E-state index in [1.807, 2.05) is 6.92 Å². The molecule has 0 spiro atoms. The Hall–Kier alpha value is -1.86. The van der Waals surface area contributed by atoms with Gasteiger partial charge >= 0.3 is 0 Å². The van der Waals surface area contributed by atoms with E-state index >= 15 is 0 Å². The van der Waals surface area contributed by atoms with Gasteiger partial charge in [-0.15, -0.1) is 0 Å². The Balaban J connectivity index is 2.25. The van der Waals surface area contributed by atoms with Crippen molar-refractivity contribution in [2.45, 2.75) is 18.4 Å². The summed E-state index contributed by atoms with van der Waals surface area (Å²) in [5.41, 5.74) is 1.33. The van der Waals surface area contributed by atoms with E-state index in [0.717, 1.165) is 5.69 Å². The van der Waals surface area contributed by atoms with E-state index in [0.29, 0.717) is 18.0 Å². The van der Waals surface area contributed by atoms with Gasteiger partial charge in [0.25, 0.3) is 0 Å². The van der Waals surface area contributed by atoms with E-state index in [-0.39, 0.29) is 4.90 Å². The van der Waals surface area contributed by atoms with Crippen molar-refractivity contribution in [1.29, 1.82) is 0 Å². The molecule has 7 heteroatoms. The average Bonchev–Trinajstić information content (AvgIpc) is 2.82. The Morgan fingerprint density at radius 2 is 2.00 bits per heavy atom. The summed E-state index contributed by atoms with van der Waals surface area (Å²) in [4.78, 5) is 0.237. The second kappa shape index (κ2) is 5.64. The van der Waals surface area contributed by atoms with Crippen LogP contribution in [0.1, 0.15) is 11.5 Å². The van der Waals surface area contributed by atoms with Crippen LogP contribution in [0.4, 0.5) is 5.69 Å². The van der Waals surface area contributed by atoms with Crippen LogP contribution >= 0.6 is 0 Å². The van der Waals surface area contributed by atoms with Crippen LogP contribution in [0.2, 0.25) is 0 Å². The van der Waals surface area contributed by atoms with Crippen molar-refractivity contribution in [3.05, 3.63) is 41.8 Å². The van der Waals surface area contributed by atoms with Gasteiger partial charge in [0.15, 0.2) is 5.76 Å². The zero-order valence-corrected chi connectivity index (χ0v) is 12.4. The molecule has 0 radical (unpaired) electrons. The quantitative estimate of drug-likeness (QED) is 0.911. The van der Waals surface area contributed by atoms with Gasteiger partial charge in [-0.2, -0.15) is 0 Å². The van der Waals surface area contributed by atoms with Gasteiger partial charge in [-0.3, -0.25) is 0 Å². The Labute approximate surface area is 118 Å². The molecular weight excluding hydrogens is 278 g/mol. The summed E-state index contributed by atoms with van der Waals surface area (Å²) >= 11 is 0. The molecule has 0 atom stereocenters. The Bertz CT molecular complexity index is 692. The molecule has 108 valence electrons. The number of aryl methyl sites for hydroxylation is 1. The highest BCUT2D eigenvalue weighted by Gasteiger charge is 2.20. The van der Waals surface area contributed by atoms with Crippen LogP contribution in [-0.2, 0) is 16.6 Å². The molecule has 0 aliphatic carbocycles. The molecule has 1 N–H and O–H groups in total. The number of aromatic nitrogens is 1. The minimum absolute atomic E-state index is 0.237. The summed E-state index contributed by atoms with van der Waals surface area (Å²) in [6, 6.07) is 8.57. The highest BCUT2D eigenvalue weighted by Crippen LogP contribution is 2.23. The third kappa shape index (κ3) is 3.00. The predicted molar refractivity (Wildman–Crippen MR) is 75.9 cm³/mol. The minimum atomic E-state index is -3.48. The monoisotopic (exact) mass is 295 g/mol. The molecule has 0 saturated heterocycles. The van der Waals surface area contributed by atoms with E-state index in [9.17, 15) is 8.42 Å². The van der Waals surface area contributed by atoms with Crippen molar-refractivity contribution < 1.29 is 12.9 Å². The van der Waals surface area contributed by atoms with Gasteiger partial charge in [0, 0.05) is 20.2 Å². The van der Waals surface area contributed by atoms with E-state index < -0.39 is 10.0 Å². The third-order valence-electron chi connectivity index (χ3n) is 2.78. The smallest absolute Gasteiger partial charge is 0.244 e. The first-order valence-corrected chi connectivity index (χ1v) is 7.53. The van der Waals surface area contributed by atoms with Crippen molar-refractivity contribution in [2.75, 3.05) is 19.4 Å². The molecule has 1 aromatic carbocycles. The summed E-state index contributed by atoms with van der Waals surface area (Å²) in [5.74, 6) is 0.652. The molecule has 0 unspecified atom stereocenters. The standard InChI is InChI=1S/C13H17N3O3S/c1-10-8-11(19-15-10)9-14-12-6-4-5-7-13(12)20(17,18)16(2)3/h4-8,14H,9H2,1-3H3. The number of nitrogens with one attached hydrogen (secondary N) is 1. The van der Waals surface area contributed by atoms with Crippen LogP contribution in [-0.4, -0.2) is 32.0 Å². The second-order valence-electron chi connectivity index (χ2n) is 4.57. The van der Waals surface area contributed by atoms with Gasteiger partial charge in [0.2, 0.25) is 10.0 Å². The summed E-state index contributed by atoms with van der Waals surface area (Å²) in [5, 5.41) is 6.85. The first-order chi connectivity index (χ1) is 9.41. The fourth-order valence-corrected chi connectivity index (χ4v) is 2.78. The molecule has 0 amide bonds. The Kier molecular flexibility index (Phi) is 4.10. The Morgan fingerprint density at radius 3 is 2.60 bits per heavy atom. The SMILES string of the molecule is Cc1cc(CNc2ccccc2S(=O)(=O)N(C)C)on1. The molecule has 2 aromatic rings. The number of nitrogens with zero attached hydrogens (tertiary/aromatic N) is 2. The highest BCUT2D eigenvalue weighted by atomic mass is 32.2. The van der Waals surface area contributed by atoms with Crippen LogP contribution in [0.3, 0.4) is 0 Å². The van der Waals surface area contributed by atoms with Crippen LogP contribution in [0.5, 0.6) is 0 Å². The molecular formula is C13H17N3O3S. The maximum absolute atomic E-state index is 12.2. The van der Waals surface area contributed by atoms with Crippen molar-refractivity contribution in [2.24, 2.45) is 0 Å². The third-order valence-corrected chi connectivity index (χ3v) is 4.65. The summed E-state index contributed by atoms with van der Waals surface area (Å²) in [6.45, 7) is 2.21. The van der Waals surface area contributed by atoms with E-state index in [1.54, 1.807) is 30.3 Å². The second-order valence-corrected chi connectivity index (χ2v) is 6.69. The molecule has 20 heavy (non-hydrogen) atoms. The lowest BCUT2D eigenvalue weighted by molar-refractivity contribution is 0.384. The number of hydrogen-bond acceptors (Lipinski definition) is 5. The molecule has 0 aliphatic rings. The van der Waals surface area contributed by atoms with Crippen molar-refractivity contribution >= 4 is 15.7 Å². The lowest BCUT2D eigenvalue weighted by atomic mass is 10.3. The van der Waals surface area contributed by atoms with Gasteiger partial charge < -0.3 is 9.84 Å². The first kappa shape index (κ1) is 14.5. The van der Waals surface area contributed by atoms with Gasteiger partial charge in [-0.25, -0.2) is 12.7 Å². The number of rotatable bonds is 5. The normalized spacial score (nSPS) is 11.8. The van der Waals surface area contributed by atoms with E-state index in [2.05, 4.69) is 10.5 Å². The zero-order chi connectivity index (χ0) is 14.8. The van der Waals surface area contributed by atoms with E-state index in [1.165, 1.54) is 18.4 Å². The molecule has 0 bridgehead atoms. The van der Waals surface area contributed by atoms with Gasteiger partial charge in [0.05, 0.1) is 17.9 Å². The van der Waals surface area contributed by atoms with Gasteiger partial charge in [0.1, 0.15) is 4.90 Å². The summed E-state index contributed by atoms with van der Waals surface area (Å²) in [7, 11) is -0.470. The van der Waals surface area contributed by atoms with Crippen LogP contribution in [0.25, 0.3) is 0 Å². The average molecular weight is 295 g/mol. The van der Waals surface area contributed by atoms with Crippen LogP contribution in [0.15, 0.2) is 39.8 Å². The molecule has 0 aliphatic heterocycles. The highest BCUT2D eigenvalue weighted by molar-refractivity contribution is 7.89. The number of sulfonamides is 1. The summed E-state index contributed by atoms with van der Waals surface area (Å²) in [6.07, 6.45) is 0. The minimum Gasteiger partial charge on any atom is -0.377 e. The largest absolute Gasteiger partial charge is 0.377 e. The molecule has 0 saturated carbocycles. The lowest BCUT2D eigenvalue weighted by Crippen LogP contribution is -2.23. The Morgan fingerprint density at radius 1 is 1.30 bits per heavy atom. The number of benzene rings is 1. The molecule has 1 aromatic heterocycles. The molecule has 2 rings (SSSR count). The van der Waals surface area contributed by atoms with Crippen molar-refractivity contribution in [1.82, 2.24) is 9.46 Å². The van der Waals surface area contributed by atoms with Crippen LogP contribution < -0.4 is 5.32 Å². The number of hydrogen-bond donors (Lipinski definition) is 1. The lowest BCUT2D eigenvalue weighted by Gasteiger charge is -2.15. The fraction of sp³-hybridized carbons (Fsp3) is 0.308. The van der Waals surface area contributed by atoms with Gasteiger partial charge in [-0.1, -0.05) is 17.3 Å². The molecule has 6 nitrogen and oxygen atoms in total. The van der Waals surface area contributed by atoms with E-state index in [4.69, 9.17) is 4.52 Å². The maximum atomic E-state index is 12.2. The molecule has 0 fully saturated rings.